The fourth-order valence-electron chi connectivity index (χ4n) is 2.72. The third kappa shape index (κ3) is 10.0. The number of rotatable bonds is 12. The fraction of sp³-hybridized carbons (Fsp3) is 0.950. The summed E-state index contributed by atoms with van der Waals surface area (Å²) in [5, 5.41) is 0. The zero-order valence-corrected chi connectivity index (χ0v) is 21.2. The first kappa shape index (κ1) is 28.7. The number of esters is 1. The van der Waals surface area contributed by atoms with E-state index in [4.69, 9.17) is 28.8 Å². The predicted octanol–water partition coefficient (Wildman–Crippen LogP) is 3.60. The van der Waals surface area contributed by atoms with E-state index in [1.165, 1.54) is 14.2 Å². The molecule has 0 fully saturated rings. The first-order valence-corrected chi connectivity index (χ1v) is 11.6. The summed E-state index contributed by atoms with van der Waals surface area (Å²) in [5.41, 5.74) is 3.77. The standard InChI is InChI=1S/C20H44NO7P/c1-17(2,3)20(8,9)16(22)27-15(12-24-10)13-26-29(23,25-11)28-19(6,7)14-18(4,5)21/h15,23,29H,12-14,21H2,1-11H3. The van der Waals surface area contributed by atoms with Gasteiger partial charge in [0.1, 0.15) is 0 Å². The molecule has 0 aliphatic heterocycles. The van der Waals surface area contributed by atoms with Crippen LogP contribution >= 0.6 is 8.17 Å². The molecule has 0 amide bonds. The van der Waals surface area contributed by atoms with Crippen LogP contribution < -0.4 is 5.73 Å². The van der Waals surface area contributed by atoms with Crippen molar-refractivity contribution in [3.63, 3.8) is 0 Å². The number of nitrogens with two attached hydrogens (primary N) is 1. The molecule has 29 heavy (non-hydrogen) atoms. The van der Waals surface area contributed by atoms with Gasteiger partial charge in [-0.15, -0.1) is 0 Å². The average Bonchev–Trinajstić information content (AvgIpc) is 2.48. The second-order valence-electron chi connectivity index (χ2n) is 10.4. The summed E-state index contributed by atoms with van der Waals surface area (Å²) in [6.07, 6.45) is -0.251. The van der Waals surface area contributed by atoms with E-state index in [0.29, 0.717) is 6.42 Å². The van der Waals surface area contributed by atoms with E-state index in [-0.39, 0.29) is 24.6 Å². The van der Waals surface area contributed by atoms with Gasteiger partial charge in [0.2, 0.25) is 0 Å². The van der Waals surface area contributed by atoms with Crippen LogP contribution in [0.1, 0.15) is 68.7 Å². The number of hydrogen-bond donors (Lipinski definition) is 2. The van der Waals surface area contributed by atoms with Crippen molar-refractivity contribution >= 4 is 14.1 Å². The van der Waals surface area contributed by atoms with E-state index in [2.05, 4.69) is 0 Å². The van der Waals surface area contributed by atoms with Crippen LogP contribution in [-0.2, 0) is 27.8 Å². The quantitative estimate of drug-likeness (QED) is 0.349. The van der Waals surface area contributed by atoms with Crippen molar-refractivity contribution in [3.05, 3.63) is 0 Å². The summed E-state index contributed by atoms with van der Waals surface area (Å²) in [4.78, 5) is 23.5. The van der Waals surface area contributed by atoms with Crippen molar-refractivity contribution in [2.24, 2.45) is 16.6 Å². The molecule has 0 aliphatic rings. The molecule has 0 aromatic rings. The Kier molecular flexibility index (Phi) is 10.2. The Morgan fingerprint density at radius 1 is 1.00 bits per heavy atom. The molecule has 0 aromatic carbocycles. The van der Waals surface area contributed by atoms with Crippen molar-refractivity contribution in [1.29, 1.82) is 0 Å². The fourth-order valence-corrected chi connectivity index (χ4v) is 4.14. The van der Waals surface area contributed by atoms with Crippen LogP contribution in [0.4, 0.5) is 0 Å². The van der Waals surface area contributed by atoms with E-state index in [1.807, 2.05) is 48.5 Å². The third-order valence-corrected chi connectivity index (χ3v) is 6.87. The Morgan fingerprint density at radius 2 is 1.52 bits per heavy atom. The van der Waals surface area contributed by atoms with E-state index in [1.54, 1.807) is 13.8 Å². The zero-order chi connectivity index (χ0) is 23.3. The van der Waals surface area contributed by atoms with Crippen LogP contribution in [0.25, 0.3) is 0 Å². The molecule has 176 valence electrons. The molecule has 0 saturated carbocycles. The van der Waals surface area contributed by atoms with Crippen molar-refractivity contribution < 1.29 is 32.7 Å². The van der Waals surface area contributed by atoms with E-state index in [9.17, 15) is 9.69 Å². The van der Waals surface area contributed by atoms with Gasteiger partial charge in [0.15, 0.2) is 0 Å². The van der Waals surface area contributed by atoms with Crippen molar-refractivity contribution in [3.8, 4) is 0 Å². The minimum absolute atomic E-state index is 0.110. The van der Waals surface area contributed by atoms with Gasteiger partial charge < -0.3 is 0 Å². The molecule has 1 atom stereocenters. The van der Waals surface area contributed by atoms with Crippen molar-refractivity contribution in [2.75, 3.05) is 27.4 Å². The van der Waals surface area contributed by atoms with Crippen molar-refractivity contribution in [2.45, 2.75) is 86.0 Å². The van der Waals surface area contributed by atoms with E-state index < -0.39 is 30.8 Å². The summed E-state index contributed by atoms with van der Waals surface area (Å²) in [6.45, 7) is 16.9. The Bertz CT molecular complexity index is 526. The summed E-state index contributed by atoms with van der Waals surface area (Å²) >= 11 is 0. The molecule has 0 bridgehead atoms. The van der Waals surface area contributed by atoms with Gasteiger partial charge in [0.25, 0.3) is 0 Å². The molecule has 0 heterocycles. The van der Waals surface area contributed by atoms with Gasteiger partial charge in [-0.2, -0.15) is 0 Å². The Morgan fingerprint density at radius 3 is 1.90 bits per heavy atom. The van der Waals surface area contributed by atoms with Crippen molar-refractivity contribution in [1.82, 2.24) is 0 Å². The molecule has 8 nitrogen and oxygen atoms in total. The van der Waals surface area contributed by atoms with Crippen LogP contribution in [-0.4, -0.2) is 55.5 Å². The number of carbonyl (C=O) groups is 1. The number of hydrogen-bond acceptors (Lipinski definition) is 8. The number of ether oxygens (including phenoxy) is 2. The summed E-state index contributed by atoms with van der Waals surface area (Å²) in [6, 6.07) is 0. The predicted molar refractivity (Wildman–Crippen MR) is 117 cm³/mol. The molecule has 0 saturated heterocycles. The van der Waals surface area contributed by atoms with E-state index >= 15 is 0 Å². The first-order valence-electron chi connectivity index (χ1n) is 9.89. The van der Waals surface area contributed by atoms with E-state index in [0.717, 1.165) is 0 Å². The second kappa shape index (κ2) is 10.3. The zero-order valence-electron chi connectivity index (χ0n) is 20.2. The molecule has 3 N–H and O–H groups in total. The second-order valence-corrected chi connectivity index (χ2v) is 12.4. The first-order chi connectivity index (χ1) is 12.8. The van der Waals surface area contributed by atoms with Gasteiger partial charge in [0.05, 0.1) is 0 Å². The third-order valence-electron chi connectivity index (χ3n) is 5.01. The van der Waals surface area contributed by atoms with Crippen LogP contribution in [0.3, 0.4) is 0 Å². The van der Waals surface area contributed by atoms with Gasteiger partial charge in [-0.05, 0) is 0 Å². The minimum atomic E-state index is -3.99. The van der Waals surface area contributed by atoms with Gasteiger partial charge >= 0.3 is 177 Å². The van der Waals surface area contributed by atoms with Crippen LogP contribution in [0.5, 0.6) is 0 Å². The molecule has 0 aromatic heterocycles. The van der Waals surface area contributed by atoms with Crippen LogP contribution in [0, 0.1) is 10.8 Å². The molecule has 0 radical (unpaired) electrons. The maximum atomic E-state index is 12.7. The topological polar surface area (TPSA) is 109 Å². The summed E-state index contributed by atoms with van der Waals surface area (Å²) < 4.78 is 27.3. The molecule has 9 heteroatoms. The molecular weight excluding hydrogens is 397 g/mol. The monoisotopic (exact) mass is 441 g/mol. The molecular formula is C20H44NO7P. The Balaban J connectivity index is 5.18. The molecule has 0 spiro atoms. The van der Waals surface area contributed by atoms with Gasteiger partial charge in [0, 0.05) is 0 Å². The Hall–Kier alpha value is -0.340. The normalized spacial score (nSPS) is 15.9. The summed E-state index contributed by atoms with van der Waals surface area (Å²) in [5.74, 6) is -0.371. The molecule has 1 unspecified atom stereocenters. The van der Waals surface area contributed by atoms with Crippen LogP contribution in [0.2, 0.25) is 0 Å². The average molecular weight is 442 g/mol. The molecule has 0 aliphatic carbocycles. The number of carbonyl (C=O) groups excluding carboxylic acids is 1. The summed E-state index contributed by atoms with van der Waals surface area (Å²) in [7, 11) is -1.17. The number of methoxy groups -OCH3 is 1. The van der Waals surface area contributed by atoms with Gasteiger partial charge in [-0.3, -0.25) is 0 Å². The maximum absolute atomic E-state index is 12.7. The molecule has 0 rings (SSSR count). The SMILES string of the molecule is COCC(CO[PH](O)(OC)OC(C)(C)CC(C)(C)N)OC(=O)C(C)(C)C(C)(C)C. The van der Waals surface area contributed by atoms with Gasteiger partial charge in [-0.25, -0.2) is 0 Å². The van der Waals surface area contributed by atoms with Gasteiger partial charge in [-0.1, -0.05) is 0 Å². The Labute approximate surface area is 177 Å². The van der Waals surface area contributed by atoms with Crippen LogP contribution in [0.15, 0.2) is 0 Å².